The van der Waals surface area contributed by atoms with Crippen molar-refractivity contribution in [2.45, 2.75) is 0 Å². The monoisotopic (exact) mass is 172 g/mol. The first-order chi connectivity index (χ1) is 5.18. The summed E-state index contributed by atoms with van der Waals surface area (Å²) < 4.78 is 17.6. The van der Waals surface area contributed by atoms with Gasteiger partial charge in [-0.25, -0.2) is 13.6 Å². The third-order valence-corrected chi connectivity index (χ3v) is 1.17. The van der Waals surface area contributed by atoms with Gasteiger partial charge in [0.05, 0.1) is 0 Å². The Hall–Kier alpha value is -1.07. The van der Waals surface area contributed by atoms with Crippen LogP contribution in [0.1, 0.15) is 0 Å². The number of aromatic amines is 1. The predicted molar refractivity (Wildman–Crippen MR) is 44.0 cm³/mol. The molecule has 2 bridgehead atoms. The number of nitrogens with one attached hydrogen (secondary N) is 1. The number of hydrogen-bond donors (Lipinski definition) is 3. The molecule has 0 saturated carbocycles. The standard InChI is InChI=1S/C6H5N.H3NO2S/c1-2-6-4-3-5(1)7-6;1-4(2)3/h1-4,7H;4H,(H2,1,2,3). The minimum atomic E-state index is -2.62. The Bertz CT molecular complexity index is 326. The fourth-order valence-electron chi connectivity index (χ4n) is 0.804. The maximum Gasteiger partial charge on any atom is 0.198 e. The summed E-state index contributed by atoms with van der Waals surface area (Å²) in [5.41, 5.74) is 2.44. The molecule has 0 aromatic carbocycles. The average Bonchev–Trinajstić information content (AvgIpc) is 2.45. The van der Waals surface area contributed by atoms with Crippen LogP contribution in [0.4, 0.5) is 0 Å². The second-order valence-electron chi connectivity index (χ2n) is 1.99. The van der Waals surface area contributed by atoms with E-state index in [1.807, 2.05) is 0 Å². The molecule has 2 aromatic heterocycles. The summed E-state index contributed by atoms with van der Waals surface area (Å²) in [4.78, 5) is 3.14. The van der Waals surface area contributed by atoms with Gasteiger partial charge in [0.15, 0.2) is 10.9 Å². The first-order valence-electron chi connectivity index (χ1n) is 2.94. The van der Waals surface area contributed by atoms with Crippen molar-refractivity contribution in [2.24, 2.45) is 5.14 Å². The maximum atomic E-state index is 8.81. The lowest BCUT2D eigenvalue weighted by atomic mass is 10.4. The average molecular weight is 172 g/mol. The van der Waals surface area contributed by atoms with Gasteiger partial charge in [0, 0.05) is 11.0 Å². The largest absolute Gasteiger partial charge is 0.356 e. The Morgan fingerprint density at radius 3 is 1.45 bits per heavy atom. The molecular weight excluding hydrogens is 164 g/mol. The van der Waals surface area contributed by atoms with E-state index in [1.54, 1.807) is 0 Å². The van der Waals surface area contributed by atoms with Gasteiger partial charge in [-0.1, -0.05) is 0 Å². The number of fused-ring (bicyclic) bond motifs is 2. The molecular formula is C6H8N2O2S. The van der Waals surface area contributed by atoms with Crippen molar-refractivity contribution in [2.75, 3.05) is 0 Å². The van der Waals surface area contributed by atoms with Crippen molar-refractivity contribution in [3.63, 3.8) is 0 Å². The third-order valence-electron chi connectivity index (χ3n) is 1.17. The highest BCUT2D eigenvalue weighted by Gasteiger charge is 1.87. The fourth-order valence-corrected chi connectivity index (χ4v) is 0.804. The molecule has 2 heterocycles. The first kappa shape index (κ1) is 8.03. The molecule has 3 N–H and O–H groups in total. The van der Waals surface area contributed by atoms with Crippen molar-refractivity contribution in [3.05, 3.63) is 24.3 Å². The van der Waals surface area contributed by atoms with Crippen LogP contribution in [-0.2, 0) is 10.9 Å². The Morgan fingerprint density at radius 2 is 1.36 bits per heavy atom. The highest BCUT2D eigenvalue weighted by molar-refractivity contribution is 7.69. The molecule has 0 saturated heterocycles. The van der Waals surface area contributed by atoms with Crippen LogP contribution < -0.4 is 5.14 Å². The molecule has 0 aliphatic carbocycles. The van der Waals surface area contributed by atoms with E-state index in [0.29, 0.717) is 0 Å². The van der Waals surface area contributed by atoms with Gasteiger partial charge in [0.1, 0.15) is 0 Å². The second kappa shape index (κ2) is 3.36. The zero-order valence-corrected chi connectivity index (χ0v) is 6.54. The van der Waals surface area contributed by atoms with E-state index in [1.165, 1.54) is 11.0 Å². The molecule has 5 heteroatoms. The van der Waals surface area contributed by atoms with Crippen LogP contribution in [-0.4, -0.2) is 13.4 Å². The zero-order chi connectivity index (χ0) is 8.27. The molecule has 2 rings (SSSR count). The van der Waals surface area contributed by atoms with Crippen molar-refractivity contribution in [1.82, 2.24) is 4.98 Å². The quantitative estimate of drug-likeness (QED) is 0.492. The summed E-state index contributed by atoms with van der Waals surface area (Å²) >= 11 is 0. The van der Waals surface area contributed by atoms with Crippen molar-refractivity contribution in [3.8, 4) is 0 Å². The highest BCUT2D eigenvalue weighted by Crippen LogP contribution is 2.07. The Kier molecular flexibility index (Phi) is 2.45. The number of rotatable bonds is 0. The van der Waals surface area contributed by atoms with Crippen LogP contribution in [0.15, 0.2) is 24.3 Å². The lowest BCUT2D eigenvalue weighted by Crippen LogP contribution is -1.85. The predicted octanol–water partition coefficient (Wildman–Crippen LogP) is 0.0772. The van der Waals surface area contributed by atoms with Crippen LogP contribution in [0, 0.1) is 0 Å². The molecule has 0 fully saturated rings. The van der Waals surface area contributed by atoms with Crippen LogP contribution in [0.2, 0.25) is 0 Å². The molecule has 0 atom stereocenters. The Labute approximate surface area is 65.4 Å². The van der Waals surface area contributed by atoms with E-state index < -0.39 is 10.9 Å². The number of benzene rings is 1. The number of thiol groups is 1. The zero-order valence-electron chi connectivity index (χ0n) is 5.65. The molecule has 0 unspecified atom stereocenters. The van der Waals surface area contributed by atoms with Gasteiger partial charge in [0.25, 0.3) is 0 Å². The lowest BCUT2D eigenvalue weighted by molar-refractivity contribution is 0.616. The summed E-state index contributed by atoms with van der Waals surface area (Å²) in [7, 11) is -2.62. The van der Waals surface area contributed by atoms with Crippen LogP contribution in [0.25, 0.3) is 11.0 Å². The van der Waals surface area contributed by atoms with Crippen molar-refractivity contribution in [1.29, 1.82) is 0 Å². The maximum absolute atomic E-state index is 8.81. The summed E-state index contributed by atoms with van der Waals surface area (Å²) in [6, 6.07) is 8.26. The SMILES string of the molecule is N[SH](=O)=O.c1cc2ccc1[nH]2. The van der Waals surface area contributed by atoms with Gasteiger partial charge in [-0.05, 0) is 24.3 Å². The molecule has 4 nitrogen and oxygen atoms in total. The van der Waals surface area contributed by atoms with E-state index in [-0.39, 0.29) is 0 Å². The third kappa shape index (κ3) is 2.57. The molecule has 0 aliphatic heterocycles. The van der Waals surface area contributed by atoms with E-state index in [9.17, 15) is 0 Å². The summed E-state index contributed by atoms with van der Waals surface area (Å²) in [6.07, 6.45) is 0. The molecule has 0 amide bonds. The Balaban J connectivity index is 0.000000134. The fraction of sp³-hybridized carbons (Fsp3) is 0. The lowest BCUT2D eigenvalue weighted by Gasteiger charge is -1.64. The molecule has 0 aliphatic rings. The van der Waals surface area contributed by atoms with E-state index >= 15 is 0 Å². The summed E-state index contributed by atoms with van der Waals surface area (Å²) in [5, 5.41) is 4.06. The minimum absolute atomic E-state index is 1.22. The van der Waals surface area contributed by atoms with E-state index in [0.717, 1.165) is 0 Å². The molecule has 2 aromatic rings. The molecule has 60 valence electrons. The van der Waals surface area contributed by atoms with E-state index in [2.05, 4.69) is 34.4 Å². The summed E-state index contributed by atoms with van der Waals surface area (Å²) in [5.74, 6) is 0. The topological polar surface area (TPSA) is 76.0 Å². The summed E-state index contributed by atoms with van der Waals surface area (Å²) in [6.45, 7) is 0. The first-order valence-corrected chi connectivity index (χ1v) is 4.19. The van der Waals surface area contributed by atoms with Gasteiger partial charge in [0.2, 0.25) is 0 Å². The van der Waals surface area contributed by atoms with Crippen molar-refractivity contribution < 1.29 is 8.42 Å². The van der Waals surface area contributed by atoms with Gasteiger partial charge in [-0.3, -0.25) is 0 Å². The second-order valence-corrected chi connectivity index (χ2v) is 2.56. The number of aromatic nitrogens is 1. The number of nitrogens with two attached hydrogens (primary N) is 1. The number of hydrogen-bond acceptors (Lipinski definition) is 2. The highest BCUT2D eigenvalue weighted by atomic mass is 32.2. The van der Waals surface area contributed by atoms with Gasteiger partial charge < -0.3 is 4.98 Å². The van der Waals surface area contributed by atoms with Gasteiger partial charge >= 0.3 is 0 Å². The van der Waals surface area contributed by atoms with E-state index in [4.69, 9.17) is 8.42 Å². The van der Waals surface area contributed by atoms with Crippen LogP contribution >= 0.6 is 0 Å². The van der Waals surface area contributed by atoms with Crippen LogP contribution in [0.5, 0.6) is 0 Å². The van der Waals surface area contributed by atoms with Crippen molar-refractivity contribution >= 4 is 21.9 Å². The molecule has 0 radical (unpaired) electrons. The normalized spacial score (nSPS) is 10.0. The van der Waals surface area contributed by atoms with Gasteiger partial charge in [-0.2, -0.15) is 0 Å². The minimum Gasteiger partial charge on any atom is -0.356 e. The Morgan fingerprint density at radius 1 is 1.09 bits per heavy atom. The van der Waals surface area contributed by atoms with Gasteiger partial charge in [-0.15, -0.1) is 0 Å². The number of H-pyrrole nitrogens is 1. The molecule has 11 heavy (non-hydrogen) atoms. The smallest absolute Gasteiger partial charge is 0.198 e. The van der Waals surface area contributed by atoms with Crippen LogP contribution in [0.3, 0.4) is 0 Å². The molecule has 0 spiro atoms.